The van der Waals surface area contributed by atoms with Gasteiger partial charge in [-0.3, -0.25) is 19.8 Å². The summed E-state index contributed by atoms with van der Waals surface area (Å²) in [6.07, 6.45) is 0.363. The Bertz CT molecular complexity index is 1120. The summed E-state index contributed by atoms with van der Waals surface area (Å²) >= 11 is 1.33. The van der Waals surface area contributed by atoms with Gasteiger partial charge in [0.05, 0.1) is 23.6 Å². The van der Waals surface area contributed by atoms with Gasteiger partial charge in [0.1, 0.15) is 0 Å². The Balaban J connectivity index is 1.48. The number of hydrogen-bond acceptors (Lipinski definition) is 7. The van der Waals surface area contributed by atoms with E-state index < -0.39 is 11.3 Å². The molecule has 1 fully saturated rings. The fourth-order valence-corrected chi connectivity index (χ4v) is 4.47. The van der Waals surface area contributed by atoms with Crippen molar-refractivity contribution in [2.45, 2.75) is 39.5 Å². The van der Waals surface area contributed by atoms with Crippen molar-refractivity contribution in [3.63, 3.8) is 0 Å². The van der Waals surface area contributed by atoms with E-state index in [-0.39, 0.29) is 17.9 Å². The van der Waals surface area contributed by atoms with Crippen molar-refractivity contribution in [1.29, 1.82) is 0 Å². The molecular formula is C22H25N5O3S. The number of aryl methyl sites for hydroxylation is 1. The molecule has 2 atom stereocenters. The van der Waals surface area contributed by atoms with Gasteiger partial charge in [-0.15, -0.1) is 11.3 Å². The molecule has 0 bridgehead atoms. The highest BCUT2D eigenvalue weighted by Gasteiger charge is 2.23. The topological polar surface area (TPSA) is 89.3 Å². The SMILES string of the molecule is Cc1cc(=O)c(C(=O)Nc2nc(CN3C[C@H](C)O[C@@H](C)C3)cs2)nn1-c1ccccc1. The highest BCUT2D eigenvalue weighted by molar-refractivity contribution is 7.13. The number of nitrogens with one attached hydrogen (secondary N) is 1. The molecule has 0 radical (unpaired) electrons. The predicted molar refractivity (Wildman–Crippen MR) is 120 cm³/mol. The number of amides is 1. The second kappa shape index (κ2) is 9.09. The van der Waals surface area contributed by atoms with Gasteiger partial charge in [-0.05, 0) is 32.9 Å². The molecule has 0 unspecified atom stereocenters. The van der Waals surface area contributed by atoms with Crippen molar-refractivity contribution in [2.75, 3.05) is 18.4 Å². The van der Waals surface area contributed by atoms with Crippen LogP contribution in [0.3, 0.4) is 0 Å². The Morgan fingerprint density at radius 2 is 1.94 bits per heavy atom. The van der Waals surface area contributed by atoms with Gasteiger partial charge in [0.2, 0.25) is 5.43 Å². The lowest BCUT2D eigenvalue weighted by molar-refractivity contribution is -0.0707. The van der Waals surface area contributed by atoms with E-state index in [1.165, 1.54) is 17.4 Å². The number of carbonyl (C=O) groups excluding carboxylic acids is 1. The molecule has 1 saturated heterocycles. The molecule has 162 valence electrons. The average molecular weight is 440 g/mol. The van der Waals surface area contributed by atoms with Crippen LogP contribution in [0.1, 0.15) is 35.7 Å². The molecule has 3 heterocycles. The van der Waals surface area contributed by atoms with Gasteiger partial charge < -0.3 is 4.74 Å². The van der Waals surface area contributed by atoms with Gasteiger partial charge in [0.15, 0.2) is 10.8 Å². The molecule has 1 amide bonds. The van der Waals surface area contributed by atoms with Gasteiger partial charge in [-0.1, -0.05) is 18.2 Å². The van der Waals surface area contributed by atoms with Crippen LogP contribution >= 0.6 is 11.3 Å². The van der Waals surface area contributed by atoms with Gasteiger partial charge in [0.25, 0.3) is 5.91 Å². The lowest BCUT2D eigenvalue weighted by Gasteiger charge is -2.34. The van der Waals surface area contributed by atoms with Crippen molar-refractivity contribution in [3.8, 4) is 5.69 Å². The minimum atomic E-state index is -0.566. The molecule has 0 spiro atoms. The molecule has 0 saturated carbocycles. The van der Waals surface area contributed by atoms with Crippen LogP contribution in [-0.4, -0.2) is 50.9 Å². The quantitative estimate of drug-likeness (QED) is 0.658. The maximum absolute atomic E-state index is 12.8. The fraction of sp³-hybridized carbons (Fsp3) is 0.364. The number of hydrogen-bond donors (Lipinski definition) is 1. The highest BCUT2D eigenvalue weighted by atomic mass is 32.1. The number of benzene rings is 1. The number of morpholine rings is 1. The van der Waals surface area contributed by atoms with Gasteiger partial charge in [-0.25, -0.2) is 9.67 Å². The standard InChI is InChI=1S/C22H25N5O3S/c1-14-9-19(28)20(25-27(14)18-7-5-4-6-8-18)21(29)24-22-23-17(13-31-22)12-26-10-15(2)30-16(3)11-26/h4-9,13,15-16H,10-12H2,1-3H3,(H,23,24,29)/t15-,16-/m0/s1. The smallest absolute Gasteiger partial charge is 0.281 e. The van der Waals surface area contributed by atoms with Crippen LogP contribution < -0.4 is 10.7 Å². The van der Waals surface area contributed by atoms with E-state index in [2.05, 4.69) is 34.1 Å². The summed E-state index contributed by atoms with van der Waals surface area (Å²) < 4.78 is 7.35. The minimum Gasteiger partial charge on any atom is -0.373 e. The van der Waals surface area contributed by atoms with Crippen LogP contribution in [0.15, 0.2) is 46.6 Å². The highest BCUT2D eigenvalue weighted by Crippen LogP contribution is 2.19. The predicted octanol–water partition coefficient (Wildman–Crippen LogP) is 2.86. The number of ether oxygens (including phenoxy) is 1. The third kappa shape index (κ3) is 5.07. The van der Waals surface area contributed by atoms with E-state index in [1.807, 2.05) is 35.7 Å². The molecule has 2 aromatic heterocycles. The Hall–Kier alpha value is -2.88. The third-order valence-corrected chi connectivity index (χ3v) is 5.78. The van der Waals surface area contributed by atoms with Gasteiger partial charge >= 0.3 is 0 Å². The Labute approximate surface area is 184 Å². The Morgan fingerprint density at radius 3 is 2.65 bits per heavy atom. The van der Waals surface area contributed by atoms with Crippen LogP contribution in [0.25, 0.3) is 5.69 Å². The fourth-order valence-electron chi connectivity index (χ4n) is 3.77. The first-order valence-corrected chi connectivity index (χ1v) is 11.1. The molecule has 1 aromatic carbocycles. The molecule has 0 aliphatic carbocycles. The summed E-state index contributed by atoms with van der Waals surface area (Å²) in [4.78, 5) is 32.0. The first-order chi connectivity index (χ1) is 14.9. The first kappa shape index (κ1) is 21.4. The van der Waals surface area contributed by atoms with Crippen LogP contribution in [0.5, 0.6) is 0 Å². The second-order valence-electron chi connectivity index (χ2n) is 7.80. The number of aromatic nitrogens is 3. The zero-order valence-electron chi connectivity index (χ0n) is 17.7. The second-order valence-corrected chi connectivity index (χ2v) is 8.65. The van der Waals surface area contributed by atoms with Crippen molar-refractivity contribution in [1.82, 2.24) is 19.7 Å². The lowest BCUT2D eigenvalue weighted by Crippen LogP contribution is -2.44. The normalized spacial score (nSPS) is 19.3. The van der Waals surface area contributed by atoms with Gasteiger partial charge in [0, 0.05) is 36.8 Å². The van der Waals surface area contributed by atoms with E-state index in [4.69, 9.17) is 4.74 Å². The maximum Gasteiger partial charge on any atom is 0.281 e. The number of nitrogens with zero attached hydrogens (tertiary/aromatic N) is 4. The summed E-state index contributed by atoms with van der Waals surface area (Å²) in [6.45, 7) is 8.28. The molecule has 3 aromatic rings. The Kier molecular flexibility index (Phi) is 6.26. The van der Waals surface area contributed by atoms with Crippen molar-refractivity contribution < 1.29 is 9.53 Å². The summed E-state index contributed by atoms with van der Waals surface area (Å²) in [5.74, 6) is -0.566. The number of thiazole rings is 1. The van der Waals surface area contributed by atoms with Crippen LogP contribution in [0, 0.1) is 6.92 Å². The minimum absolute atomic E-state index is 0.165. The van der Waals surface area contributed by atoms with Crippen LogP contribution in [-0.2, 0) is 11.3 Å². The molecular weight excluding hydrogens is 414 g/mol. The maximum atomic E-state index is 12.8. The monoisotopic (exact) mass is 439 g/mol. The van der Waals surface area contributed by atoms with Crippen molar-refractivity contribution in [2.24, 2.45) is 0 Å². The average Bonchev–Trinajstić information content (AvgIpc) is 3.14. The van der Waals surface area contributed by atoms with E-state index >= 15 is 0 Å². The molecule has 9 heteroatoms. The number of rotatable bonds is 5. The van der Waals surface area contributed by atoms with Crippen molar-refractivity contribution in [3.05, 3.63) is 69.1 Å². The van der Waals surface area contributed by atoms with Crippen LogP contribution in [0.2, 0.25) is 0 Å². The third-order valence-electron chi connectivity index (χ3n) is 4.98. The van der Waals surface area contributed by atoms with Gasteiger partial charge in [-0.2, -0.15) is 5.10 Å². The zero-order chi connectivity index (χ0) is 22.0. The summed E-state index contributed by atoms with van der Waals surface area (Å²) in [7, 11) is 0. The Morgan fingerprint density at radius 1 is 1.23 bits per heavy atom. The number of anilines is 1. The molecule has 1 aliphatic heterocycles. The van der Waals surface area contributed by atoms with E-state index in [9.17, 15) is 9.59 Å². The zero-order valence-corrected chi connectivity index (χ0v) is 18.6. The number of carbonyl (C=O) groups is 1. The molecule has 8 nitrogen and oxygen atoms in total. The molecule has 31 heavy (non-hydrogen) atoms. The largest absolute Gasteiger partial charge is 0.373 e. The van der Waals surface area contributed by atoms with E-state index in [0.717, 1.165) is 24.5 Å². The molecule has 1 N–H and O–H groups in total. The lowest BCUT2D eigenvalue weighted by atomic mass is 10.2. The van der Waals surface area contributed by atoms with E-state index in [1.54, 1.807) is 11.6 Å². The summed E-state index contributed by atoms with van der Waals surface area (Å²) in [5, 5.41) is 9.39. The molecule has 4 rings (SSSR count). The molecule has 1 aliphatic rings. The first-order valence-electron chi connectivity index (χ1n) is 10.2. The van der Waals surface area contributed by atoms with E-state index in [0.29, 0.717) is 17.4 Å². The van der Waals surface area contributed by atoms with Crippen LogP contribution in [0.4, 0.5) is 5.13 Å². The van der Waals surface area contributed by atoms with Crippen molar-refractivity contribution >= 4 is 22.4 Å². The number of para-hydroxylation sites is 1. The summed E-state index contributed by atoms with van der Waals surface area (Å²) in [6, 6.07) is 10.8. The summed E-state index contributed by atoms with van der Waals surface area (Å²) in [5.41, 5.74) is 1.72.